The van der Waals surface area contributed by atoms with Crippen LogP contribution in [-0.4, -0.2) is 76.6 Å². The van der Waals surface area contributed by atoms with Crippen molar-refractivity contribution in [1.29, 1.82) is 0 Å². The van der Waals surface area contributed by atoms with Crippen LogP contribution in [0.3, 0.4) is 0 Å². The number of urea groups is 1. The molecule has 0 spiro atoms. The molecule has 9 rings (SSSR count). The molecule has 0 atom stereocenters. The SMILES string of the molecule is NC(=O)N1CCc2c1ccc1[nH]c(C(=O)N3CCc4c3ccc3[nH]c(C(=O)N5CCc6c5ccc5[nH]c(C(=O)NCCCO)cc65)cc43)cc21. The lowest BCUT2D eigenvalue weighted by atomic mass is 10.1. The number of anilines is 3. The summed E-state index contributed by atoms with van der Waals surface area (Å²) in [6.07, 6.45) is 2.47. The highest BCUT2D eigenvalue weighted by molar-refractivity contribution is 6.13. The van der Waals surface area contributed by atoms with E-state index in [1.807, 2.05) is 54.6 Å². The van der Waals surface area contributed by atoms with E-state index in [0.29, 0.717) is 68.9 Å². The van der Waals surface area contributed by atoms with Crippen LogP contribution in [0.1, 0.15) is 54.6 Å². The first-order valence-electron chi connectivity index (χ1n) is 16.8. The molecule has 50 heavy (non-hydrogen) atoms. The number of benzene rings is 3. The number of nitrogens with one attached hydrogen (secondary N) is 4. The van der Waals surface area contributed by atoms with Crippen LogP contribution >= 0.6 is 0 Å². The lowest BCUT2D eigenvalue weighted by Crippen LogP contribution is -2.33. The minimum absolute atomic E-state index is 0.0101. The van der Waals surface area contributed by atoms with E-state index in [1.54, 1.807) is 14.7 Å². The number of aromatic nitrogens is 3. The number of carbonyl (C=O) groups excluding carboxylic acids is 4. The Balaban J connectivity index is 0.977. The average molecular weight is 671 g/mol. The van der Waals surface area contributed by atoms with Crippen molar-refractivity contribution in [3.63, 3.8) is 0 Å². The predicted molar refractivity (Wildman–Crippen MR) is 190 cm³/mol. The summed E-state index contributed by atoms with van der Waals surface area (Å²) >= 11 is 0. The Hall–Kier alpha value is -6.08. The number of amides is 5. The van der Waals surface area contributed by atoms with Crippen molar-refractivity contribution in [2.24, 2.45) is 5.73 Å². The Morgan fingerprint density at radius 1 is 0.640 bits per heavy atom. The van der Waals surface area contributed by atoms with Gasteiger partial charge in [0.2, 0.25) is 0 Å². The third kappa shape index (κ3) is 4.50. The van der Waals surface area contributed by atoms with Gasteiger partial charge in [0, 0.05) is 82.6 Å². The van der Waals surface area contributed by atoms with Crippen LogP contribution in [0.15, 0.2) is 54.6 Å². The summed E-state index contributed by atoms with van der Waals surface area (Å²) in [4.78, 5) is 67.3. The van der Waals surface area contributed by atoms with Crippen LogP contribution in [0.2, 0.25) is 0 Å². The number of carbonyl (C=O) groups is 4. The summed E-state index contributed by atoms with van der Waals surface area (Å²) in [5, 5.41) is 14.6. The Morgan fingerprint density at radius 3 is 1.52 bits per heavy atom. The van der Waals surface area contributed by atoms with Gasteiger partial charge in [0.1, 0.15) is 17.1 Å². The van der Waals surface area contributed by atoms with E-state index in [4.69, 9.17) is 10.8 Å². The van der Waals surface area contributed by atoms with Crippen LogP contribution in [-0.2, 0) is 19.3 Å². The Kier molecular flexibility index (Phi) is 6.75. The number of hydrogen-bond donors (Lipinski definition) is 6. The number of aromatic amines is 3. The molecule has 0 fully saturated rings. The van der Waals surface area contributed by atoms with Gasteiger partial charge in [-0.25, -0.2) is 4.79 Å². The lowest BCUT2D eigenvalue weighted by Gasteiger charge is -2.16. The molecule has 3 aliphatic rings. The van der Waals surface area contributed by atoms with Crippen molar-refractivity contribution in [2.75, 3.05) is 47.5 Å². The summed E-state index contributed by atoms with van der Waals surface area (Å²) in [7, 11) is 0. The molecule has 0 radical (unpaired) electrons. The molecule has 6 heterocycles. The van der Waals surface area contributed by atoms with Crippen molar-refractivity contribution in [3.05, 3.63) is 88.4 Å². The molecular weight excluding hydrogens is 636 g/mol. The van der Waals surface area contributed by atoms with Gasteiger partial charge in [-0.15, -0.1) is 0 Å². The zero-order valence-electron chi connectivity index (χ0n) is 27.1. The van der Waals surface area contributed by atoms with Gasteiger partial charge >= 0.3 is 6.03 Å². The standard InChI is InChI=1S/C37H34N8O5/c38-37(50)45-14-10-21-24-18-30(42-27(24)4-7-33(21)45)36(49)44-13-9-20-23-17-29(41-26(23)3-6-32(20)44)35(48)43-12-8-19-22-16-28(34(47)39-11-1-15-46)40-25(22)2-5-31(19)43/h2-7,16-18,40-42,46H,1,8-15H2,(H2,38,50)(H,39,47). The van der Waals surface area contributed by atoms with Gasteiger partial charge in [-0.1, -0.05) is 0 Å². The molecule has 0 saturated heterocycles. The van der Waals surface area contributed by atoms with Gasteiger partial charge in [0.05, 0.1) is 0 Å². The van der Waals surface area contributed by atoms with Crippen molar-refractivity contribution in [3.8, 4) is 0 Å². The minimum Gasteiger partial charge on any atom is -0.396 e. The first-order valence-corrected chi connectivity index (χ1v) is 16.8. The summed E-state index contributed by atoms with van der Waals surface area (Å²) in [5.74, 6) is -0.514. The van der Waals surface area contributed by atoms with Crippen molar-refractivity contribution in [1.82, 2.24) is 20.3 Å². The molecular formula is C37H34N8O5. The van der Waals surface area contributed by atoms with Crippen LogP contribution in [0.25, 0.3) is 32.7 Å². The molecule has 0 bridgehead atoms. The van der Waals surface area contributed by atoms with Gasteiger partial charge in [0.25, 0.3) is 17.7 Å². The molecule has 0 saturated carbocycles. The molecule has 0 unspecified atom stereocenters. The first kappa shape index (κ1) is 30.0. The number of fused-ring (bicyclic) bond motifs is 9. The van der Waals surface area contributed by atoms with Crippen LogP contribution < -0.4 is 25.8 Å². The summed E-state index contributed by atoms with van der Waals surface area (Å²) < 4.78 is 0. The topological polar surface area (TPSA) is 184 Å². The number of aliphatic hydroxyl groups excluding tert-OH is 1. The van der Waals surface area contributed by atoms with Gasteiger partial charge in [-0.05, 0) is 97.0 Å². The highest BCUT2D eigenvalue weighted by Crippen LogP contribution is 2.39. The smallest absolute Gasteiger partial charge is 0.319 e. The Labute approximate surface area is 285 Å². The predicted octanol–water partition coefficient (Wildman–Crippen LogP) is 4.09. The third-order valence-corrected chi connectivity index (χ3v) is 10.4. The normalized spacial score (nSPS) is 14.9. The second-order valence-electron chi connectivity index (χ2n) is 13.1. The monoisotopic (exact) mass is 670 g/mol. The molecule has 13 heteroatoms. The quantitative estimate of drug-likeness (QED) is 0.146. The maximum atomic E-state index is 14.0. The maximum Gasteiger partial charge on any atom is 0.319 e. The highest BCUT2D eigenvalue weighted by atomic mass is 16.3. The number of aliphatic hydroxyl groups is 1. The second kappa shape index (κ2) is 11.2. The van der Waals surface area contributed by atoms with Gasteiger partial charge in [-0.2, -0.15) is 0 Å². The fraction of sp³-hybridized carbons (Fsp3) is 0.243. The van der Waals surface area contributed by atoms with Gasteiger partial charge < -0.3 is 40.9 Å². The highest BCUT2D eigenvalue weighted by Gasteiger charge is 2.32. The van der Waals surface area contributed by atoms with E-state index in [-0.39, 0.29) is 24.3 Å². The van der Waals surface area contributed by atoms with Crippen molar-refractivity contribution in [2.45, 2.75) is 25.7 Å². The number of nitrogens with zero attached hydrogens (tertiary/aromatic N) is 3. The number of hydrogen-bond acceptors (Lipinski definition) is 5. The maximum absolute atomic E-state index is 14.0. The summed E-state index contributed by atoms with van der Waals surface area (Å²) in [6.45, 7) is 1.94. The second-order valence-corrected chi connectivity index (χ2v) is 13.1. The van der Waals surface area contributed by atoms with Gasteiger partial charge in [0.15, 0.2) is 0 Å². The van der Waals surface area contributed by atoms with Crippen molar-refractivity contribution < 1.29 is 24.3 Å². The number of H-pyrrole nitrogens is 3. The van der Waals surface area contributed by atoms with E-state index in [2.05, 4.69) is 20.3 Å². The minimum atomic E-state index is -0.486. The number of primary amides is 1. The Morgan fingerprint density at radius 2 is 1.06 bits per heavy atom. The van der Waals surface area contributed by atoms with E-state index in [9.17, 15) is 19.2 Å². The number of rotatable bonds is 6. The van der Waals surface area contributed by atoms with Crippen LogP contribution in [0.4, 0.5) is 21.9 Å². The lowest BCUT2D eigenvalue weighted by molar-refractivity contribution is 0.0944. The van der Waals surface area contributed by atoms with E-state index >= 15 is 0 Å². The fourth-order valence-corrected chi connectivity index (χ4v) is 8.01. The molecule has 13 nitrogen and oxygen atoms in total. The molecule has 7 N–H and O–H groups in total. The zero-order valence-corrected chi connectivity index (χ0v) is 27.1. The number of nitrogens with two attached hydrogens (primary N) is 1. The summed E-state index contributed by atoms with van der Waals surface area (Å²) in [6, 6.07) is 16.5. The van der Waals surface area contributed by atoms with Crippen LogP contribution in [0, 0.1) is 0 Å². The average Bonchev–Trinajstić information content (AvgIpc) is 3.95. The zero-order chi connectivity index (χ0) is 34.3. The summed E-state index contributed by atoms with van der Waals surface area (Å²) in [5.41, 5.74) is 14.9. The molecule has 252 valence electrons. The fourth-order valence-electron chi connectivity index (χ4n) is 8.01. The Bertz CT molecular complexity index is 2440. The largest absolute Gasteiger partial charge is 0.396 e. The molecule has 3 aromatic heterocycles. The van der Waals surface area contributed by atoms with Crippen molar-refractivity contribution >= 4 is 73.5 Å². The van der Waals surface area contributed by atoms with Crippen LogP contribution in [0.5, 0.6) is 0 Å². The van der Waals surface area contributed by atoms with Gasteiger partial charge in [-0.3, -0.25) is 19.3 Å². The molecule has 6 aromatic rings. The molecule has 5 amide bonds. The first-order chi connectivity index (χ1) is 24.3. The van der Waals surface area contributed by atoms with E-state index in [1.165, 1.54) is 0 Å². The molecule has 3 aliphatic heterocycles. The third-order valence-electron chi connectivity index (χ3n) is 10.4. The molecule has 3 aromatic carbocycles. The molecule has 0 aliphatic carbocycles. The van der Waals surface area contributed by atoms with E-state index < -0.39 is 6.03 Å². The van der Waals surface area contributed by atoms with E-state index in [0.717, 1.165) is 66.5 Å².